The molecule has 0 unspecified atom stereocenters. The number of nitrogens with zero attached hydrogens (tertiary/aromatic N) is 3. The Bertz CT molecular complexity index is 497. The van der Waals surface area contributed by atoms with Crippen molar-refractivity contribution >= 4 is 16.3 Å². The van der Waals surface area contributed by atoms with Crippen molar-refractivity contribution in [2.45, 2.75) is 26.8 Å². The van der Waals surface area contributed by atoms with E-state index in [9.17, 15) is 0 Å². The normalized spacial score (nSPS) is 17.2. The highest BCUT2D eigenvalue weighted by Gasteiger charge is 2.21. The zero-order valence-electron chi connectivity index (χ0n) is 9.81. The first-order chi connectivity index (χ1) is 7.74. The average Bonchev–Trinajstić information content (AvgIpc) is 2.77. The van der Waals surface area contributed by atoms with Gasteiger partial charge in [0.25, 0.3) is 0 Å². The summed E-state index contributed by atoms with van der Waals surface area (Å²) >= 11 is 1.73. The van der Waals surface area contributed by atoms with Crippen LogP contribution in [0.15, 0.2) is 11.6 Å². The molecule has 86 valence electrons. The van der Waals surface area contributed by atoms with E-state index in [4.69, 9.17) is 0 Å². The number of hydrogen-bond donors (Lipinski definition) is 0. The summed E-state index contributed by atoms with van der Waals surface area (Å²) in [6.45, 7) is 7.98. The van der Waals surface area contributed by atoms with Gasteiger partial charge in [0.1, 0.15) is 0 Å². The third kappa shape index (κ3) is 1.66. The van der Waals surface area contributed by atoms with Crippen LogP contribution in [-0.2, 0) is 13.0 Å². The molecule has 4 heteroatoms. The van der Waals surface area contributed by atoms with E-state index in [1.54, 1.807) is 11.3 Å². The van der Waals surface area contributed by atoms with Gasteiger partial charge in [-0.1, -0.05) is 13.8 Å². The van der Waals surface area contributed by atoms with Gasteiger partial charge in [0.05, 0.1) is 11.4 Å². The summed E-state index contributed by atoms with van der Waals surface area (Å²) in [6, 6.07) is 0. The van der Waals surface area contributed by atoms with E-state index in [1.165, 1.54) is 17.9 Å². The van der Waals surface area contributed by atoms with Crippen LogP contribution in [0.5, 0.6) is 0 Å². The van der Waals surface area contributed by atoms with Crippen LogP contribution in [0.25, 0.3) is 4.96 Å². The van der Waals surface area contributed by atoms with Crippen LogP contribution in [0.2, 0.25) is 0 Å². The second kappa shape index (κ2) is 3.86. The topological polar surface area (TPSA) is 20.5 Å². The molecule has 1 aliphatic heterocycles. The maximum atomic E-state index is 4.68. The standard InChI is InChI=1S/C12H17N3S/c1-9(2)7-14-4-3-10-11(8-14)15-5-6-16-12(15)13-10/h5-6,9H,3-4,7-8H2,1-2H3. The number of thiazole rings is 1. The Morgan fingerprint density at radius 3 is 3.19 bits per heavy atom. The minimum atomic E-state index is 0.743. The van der Waals surface area contributed by atoms with Crippen LogP contribution in [0.4, 0.5) is 0 Å². The van der Waals surface area contributed by atoms with E-state index in [0.29, 0.717) is 0 Å². The zero-order chi connectivity index (χ0) is 11.1. The fourth-order valence-electron chi connectivity index (χ4n) is 2.47. The van der Waals surface area contributed by atoms with Gasteiger partial charge in [0, 0.05) is 37.6 Å². The van der Waals surface area contributed by atoms with Crippen LogP contribution < -0.4 is 0 Å². The van der Waals surface area contributed by atoms with Crippen molar-refractivity contribution in [3.8, 4) is 0 Å². The molecule has 0 amide bonds. The summed E-state index contributed by atoms with van der Waals surface area (Å²) in [7, 11) is 0. The van der Waals surface area contributed by atoms with Crippen molar-refractivity contribution in [2.75, 3.05) is 13.1 Å². The van der Waals surface area contributed by atoms with Crippen molar-refractivity contribution in [1.29, 1.82) is 0 Å². The summed E-state index contributed by atoms with van der Waals surface area (Å²) in [5, 5.41) is 2.12. The van der Waals surface area contributed by atoms with E-state index in [0.717, 1.165) is 30.4 Å². The molecule has 0 aliphatic carbocycles. The van der Waals surface area contributed by atoms with Gasteiger partial charge in [0.2, 0.25) is 0 Å². The van der Waals surface area contributed by atoms with E-state index in [1.807, 2.05) is 0 Å². The lowest BCUT2D eigenvalue weighted by atomic mass is 10.1. The largest absolute Gasteiger partial charge is 0.297 e. The molecule has 2 aromatic heterocycles. The molecule has 0 atom stereocenters. The third-order valence-electron chi connectivity index (χ3n) is 3.11. The predicted octanol–water partition coefficient (Wildman–Crippen LogP) is 2.41. The zero-order valence-corrected chi connectivity index (χ0v) is 10.6. The summed E-state index contributed by atoms with van der Waals surface area (Å²) in [5.41, 5.74) is 2.72. The Morgan fingerprint density at radius 2 is 2.38 bits per heavy atom. The van der Waals surface area contributed by atoms with E-state index < -0.39 is 0 Å². The summed E-state index contributed by atoms with van der Waals surface area (Å²) < 4.78 is 2.26. The van der Waals surface area contributed by atoms with Gasteiger partial charge in [0.15, 0.2) is 4.96 Å². The minimum absolute atomic E-state index is 0.743. The van der Waals surface area contributed by atoms with E-state index >= 15 is 0 Å². The fourth-order valence-corrected chi connectivity index (χ4v) is 3.22. The predicted molar refractivity (Wildman–Crippen MR) is 66.9 cm³/mol. The lowest BCUT2D eigenvalue weighted by Gasteiger charge is -2.27. The average molecular weight is 235 g/mol. The smallest absolute Gasteiger partial charge is 0.194 e. The highest BCUT2D eigenvalue weighted by atomic mass is 32.1. The van der Waals surface area contributed by atoms with Crippen molar-refractivity contribution < 1.29 is 0 Å². The van der Waals surface area contributed by atoms with Gasteiger partial charge < -0.3 is 0 Å². The molecule has 0 spiro atoms. The lowest BCUT2D eigenvalue weighted by Crippen LogP contribution is -2.33. The molecule has 3 nitrogen and oxygen atoms in total. The Kier molecular flexibility index (Phi) is 2.48. The number of fused-ring (bicyclic) bond motifs is 3. The molecule has 0 radical (unpaired) electrons. The van der Waals surface area contributed by atoms with Gasteiger partial charge in [-0.05, 0) is 5.92 Å². The first-order valence-corrected chi connectivity index (χ1v) is 6.77. The minimum Gasteiger partial charge on any atom is -0.297 e. The Balaban J connectivity index is 1.91. The first kappa shape index (κ1) is 10.3. The van der Waals surface area contributed by atoms with Crippen molar-refractivity contribution in [3.63, 3.8) is 0 Å². The lowest BCUT2D eigenvalue weighted by molar-refractivity contribution is 0.222. The number of aromatic nitrogens is 2. The van der Waals surface area contributed by atoms with Crippen molar-refractivity contribution in [3.05, 3.63) is 23.0 Å². The Morgan fingerprint density at radius 1 is 1.50 bits per heavy atom. The molecule has 16 heavy (non-hydrogen) atoms. The molecule has 0 saturated heterocycles. The number of hydrogen-bond acceptors (Lipinski definition) is 3. The summed E-state index contributed by atoms with van der Waals surface area (Å²) in [6.07, 6.45) is 3.25. The number of imidazole rings is 1. The second-order valence-electron chi connectivity index (χ2n) is 4.94. The maximum Gasteiger partial charge on any atom is 0.194 e. The van der Waals surface area contributed by atoms with Crippen LogP contribution in [0.1, 0.15) is 25.2 Å². The molecule has 0 bridgehead atoms. The summed E-state index contributed by atoms with van der Waals surface area (Å²) in [5.74, 6) is 0.743. The molecule has 0 saturated carbocycles. The second-order valence-corrected chi connectivity index (χ2v) is 5.81. The molecule has 0 N–H and O–H groups in total. The third-order valence-corrected chi connectivity index (χ3v) is 3.86. The molecular weight excluding hydrogens is 218 g/mol. The van der Waals surface area contributed by atoms with Gasteiger partial charge in [-0.2, -0.15) is 0 Å². The van der Waals surface area contributed by atoms with Crippen LogP contribution in [0.3, 0.4) is 0 Å². The van der Waals surface area contributed by atoms with Crippen LogP contribution >= 0.6 is 11.3 Å². The van der Waals surface area contributed by atoms with E-state index in [-0.39, 0.29) is 0 Å². The molecule has 3 rings (SSSR count). The number of rotatable bonds is 2. The maximum absolute atomic E-state index is 4.68. The van der Waals surface area contributed by atoms with Crippen molar-refractivity contribution in [1.82, 2.24) is 14.3 Å². The monoisotopic (exact) mass is 235 g/mol. The summed E-state index contributed by atoms with van der Waals surface area (Å²) in [4.78, 5) is 8.37. The quantitative estimate of drug-likeness (QED) is 0.797. The molecule has 1 aliphatic rings. The molecule has 2 aromatic rings. The van der Waals surface area contributed by atoms with Gasteiger partial charge >= 0.3 is 0 Å². The fraction of sp³-hybridized carbons (Fsp3) is 0.583. The van der Waals surface area contributed by atoms with Crippen molar-refractivity contribution in [2.24, 2.45) is 5.92 Å². The molecule has 0 fully saturated rings. The van der Waals surface area contributed by atoms with E-state index in [2.05, 4.69) is 39.7 Å². The highest BCUT2D eigenvalue weighted by molar-refractivity contribution is 7.15. The Hall–Kier alpha value is -0.870. The molecule has 3 heterocycles. The molecular formula is C12H17N3S. The van der Waals surface area contributed by atoms with Crippen LogP contribution in [0, 0.1) is 5.92 Å². The van der Waals surface area contributed by atoms with Gasteiger partial charge in [-0.15, -0.1) is 11.3 Å². The first-order valence-electron chi connectivity index (χ1n) is 5.89. The Labute approximate surface area is 99.7 Å². The SMILES string of the molecule is CC(C)CN1CCc2nc3sccn3c2C1. The molecule has 0 aromatic carbocycles. The van der Waals surface area contributed by atoms with Gasteiger partial charge in [-0.3, -0.25) is 9.30 Å². The van der Waals surface area contributed by atoms with Crippen LogP contribution in [-0.4, -0.2) is 27.4 Å². The highest BCUT2D eigenvalue weighted by Crippen LogP contribution is 2.23. The van der Waals surface area contributed by atoms with Gasteiger partial charge in [-0.25, -0.2) is 4.98 Å².